The largest absolute Gasteiger partial charge is 0.493 e. The fourth-order valence-corrected chi connectivity index (χ4v) is 3.22. The molecule has 1 aliphatic carbocycles. The van der Waals surface area contributed by atoms with Crippen LogP contribution in [0.1, 0.15) is 69.3 Å². The van der Waals surface area contributed by atoms with Crippen molar-refractivity contribution < 1.29 is 18.8 Å². The summed E-state index contributed by atoms with van der Waals surface area (Å²) >= 11 is 6.34. The summed E-state index contributed by atoms with van der Waals surface area (Å²) in [5.41, 5.74) is 0.728. The van der Waals surface area contributed by atoms with Gasteiger partial charge in [-0.05, 0) is 49.0 Å². The van der Waals surface area contributed by atoms with Crippen molar-refractivity contribution in [3.8, 4) is 11.5 Å². The third-order valence-electron chi connectivity index (χ3n) is 4.76. The number of halogens is 1. The van der Waals surface area contributed by atoms with E-state index in [0.717, 1.165) is 30.7 Å². The molecule has 3 rings (SSSR count). The number of carbonyl (C=O) groups is 1. The minimum atomic E-state index is -0.356. The van der Waals surface area contributed by atoms with E-state index < -0.39 is 0 Å². The average molecular weight is 434 g/mol. The van der Waals surface area contributed by atoms with Gasteiger partial charge >= 0.3 is 0 Å². The predicted molar refractivity (Wildman–Crippen MR) is 115 cm³/mol. The van der Waals surface area contributed by atoms with Gasteiger partial charge in [0.15, 0.2) is 17.3 Å². The van der Waals surface area contributed by atoms with Crippen LogP contribution in [0.4, 0.5) is 0 Å². The number of aromatic nitrogens is 2. The van der Waals surface area contributed by atoms with Gasteiger partial charge < -0.3 is 19.3 Å². The van der Waals surface area contributed by atoms with Crippen molar-refractivity contribution in [1.29, 1.82) is 0 Å². The summed E-state index contributed by atoms with van der Waals surface area (Å²) in [4.78, 5) is 17.0. The number of hydrogen-bond acceptors (Lipinski definition) is 6. The van der Waals surface area contributed by atoms with Gasteiger partial charge in [0.2, 0.25) is 11.8 Å². The van der Waals surface area contributed by atoms with E-state index in [2.05, 4.69) is 15.5 Å². The van der Waals surface area contributed by atoms with Gasteiger partial charge in [-0.2, -0.15) is 4.98 Å². The van der Waals surface area contributed by atoms with Crippen LogP contribution in [0.2, 0.25) is 5.02 Å². The Hall–Kier alpha value is -2.54. The highest BCUT2D eigenvalue weighted by atomic mass is 35.5. The molecule has 0 bridgehead atoms. The van der Waals surface area contributed by atoms with E-state index in [0.29, 0.717) is 34.9 Å². The molecule has 1 unspecified atom stereocenters. The molecule has 1 amide bonds. The molecule has 1 aromatic heterocycles. The molecule has 30 heavy (non-hydrogen) atoms. The second-order valence-electron chi connectivity index (χ2n) is 7.71. The van der Waals surface area contributed by atoms with Crippen molar-refractivity contribution in [3.05, 3.63) is 40.5 Å². The standard InChI is InChI=1S/C22H28ClN3O4/c1-5-10-29-20-16(23)11-14(12-17(20)28-4)6-9-18(27)24-19(13(2)3)22-25-21(26-30-22)15-7-8-15/h6,9,11-13,15,19H,5,7-8,10H2,1-4H3,(H,24,27)/b9-6+. The minimum absolute atomic E-state index is 0.0967. The van der Waals surface area contributed by atoms with E-state index in [-0.39, 0.29) is 17.9 Å². The quantitative estimate of drug-likeness (QED) is 0.535. The Morgan fingerprint density at radius 3 is 2.80 bits per heavy atom. The Morgan fingerprint density at radius 2 is 2.17 bits per heavy atom. The number of ether oxygens (including phenoxy) is 2. The lowest BCUT2D eigenvalue weighted by Crippen LogP contribution is -2.30. The minimum Gasteiger partial charge on any atom is -0.493 e. The van der Waals surface area contributed by atoms with Gasteiger partial charge in [-0.1, -0.05) is 37.5 Å². The summed E-state index contributed by atoms with van der Waals surface area (Å²) in [7, 11) is 1.55. The summed E-state index contributed by atoms with van der Waals surface area (Å²) in [6, 6.07) is 3.16. The van der Waals surface area contributed by atoms with Gasteiger partial charge in [-0.3, -0.25) is 4.79 Å². The first-order chi connectivity index (χ1) is 14.4. The molecule has 1 saturated carbocycles. The van der Waals surface area contributed by atoms with E-state index >= 15 is 0 Å². The fourth-order valence-electron chi connectivity index (χ4n) is 2.95. The van der Waals surface area contributed by atoms with Crippen LogP contribution in [0.3, 0.4) is 0 Å². The Kier molecular flexibility index (Phi) is 7.37. The van der Waals surface area contributed by atoms with Crippen LogP contribution in [-0.4, -0.2) is 29.8 Å². The summed E-state index contributed by atoms with van der Waals surface area (Å²) in [6.07, 6.45) is 6.17. The van der Waals surface area contributed by atoms with E-state index in [4.69, 9.17) is 25.6 Å². The number of amides is 1. The van der Waals surface area contributed by atoms with Gasteiger partial charge in [0, 0.05) is 12.0 Å². The average Bonchev–Trinajstić information content (AvgIpc) is 3.46. The maximum absolute atomic E-state index is 12.5. The number of rotatable bonds is 10. The zero-order valence-electron chi connectivity index (χ0n) is 17.8. The van der Waals surface area contributed by atoms with Crippen molar-refractivity contribution in [2.24, 2.45) is 5.92 Å². The SMILES string of the molecule is CCCOc1c(Cl)cc(/C=C/C(=O)NC(c2nc(C3CC3)no2)C(C)C)cc1OC. The zero-order chi connectivity index (χ0) is 21.7. The van der Waals surface area contributed by atoms with E-state index in [1.807, 2.05) is 20.8 Å². The van der Waals surface area contributed by atoms with Gasteiger partial charge in [0.1, 0.15) is 6.04 Å². The third-order valence-corrected chi connectivity index (χ3v) is 5.04. The zero-order valence-corrected chi connectivity index (χ0v) is 18.5. The lowest BCUT2D eigenvalue weighted by Gasteiger charge is -2.17. The molecule has 0 saturated heterocycles. The van der Waals surface area contributed by atoms with Crippen molar-refractivity contribution in [3.63, 3.8) is 0 Å². The molecule has 1 atom stereocenters. The van der Waals surface area contributed by atoms with Crippen molar-refractivity contribution >= 4 is 23.6 Å². The number of carbonyl (C=O) groups excluding carboxylic acids is 1. The molecule has 0 spiro atoms. The van der Waals surface area contributed by atoms with Crippen molar-refractivity contribution in [2.75, 3.05) is 13.7 Å². The Labute approximate surface area is 181 Å². The highest BCUT2D eigenvalue weighted by molar-refractivity contribution is 6.32. The van der Waals surface area contributed by atoms with Crippen LogP contribution in [0.5, 0.6) is 11.5 Å². The van der Waals surface area contributed by atoms with E-state index in [9.17, 15) is 4.79 Å². The fraction of sp³-hybridized carbons (Fsp3) is 0.500. The molecule has 8 heteroatoms. The second kappa shape index (κ2) is 9.98. The lowest BCUT2D eigenvalue weighted by molar-refractivity contribution is -0.117. The summed E-state index contributed by atoms with van der Waals surface area (Å²) in [5.74, 6) is 2.43. The van der Waals surface area contributed by atoms with Gasteiger partial charge in [-0.15, -0.1) is 0 Å². The molecule has 1 aliphatic rings. The smallest absolute Gasteiger partial charge is 0.249 e. The molecular weight excluding hydrogens is 406 g/mol. The predicted octanol–water partition coefficient (Wildman–Crippen LogP) is 4.92. The second-order valence-corrected chi connectivity index (χ2v) is 8.12. The summed E-state index contributed by atoms with van der Waals surface area (Å²) in [5, 5.41) is 7.42. The molecule has 1 aromatic carbocycles. The number of benzene rings is 1. The van der Waals surface area contributed by atoms with Crippen LogP contribution < -0.4 is 14.8 Å². The molecular formula is C22H28ClN3O4. The van der Waals surface area contributed by atoms with Gasteiger partial charge in [0.25, 0.3) is 0 Å². The number of nitrogens with zero attached hydrogens (tertiary/aromatic N) is 2. The maximum atomic E-state index is 12.5. The molecule has 0 radical (unpaired) electrons. The van der Waals surface area contributed by atoms with Gasteiger partial charge in [-0.25, -0.2) is 0 Å². The third kappa shape index (κ3) is 5.53. The van der Waals surface area contributed by atoms with E-state index in [1.165, 1.54) is 6.08 Å². The van der Waals surface area contributed by atoms with Crippen molar-refractivity contribution in [1.82, 2.24) is 15.5 Å². The van der Waals surface area contributed by atoms with Crippen LogP contribution in [0.25, 0.3) is 6.08 Å². The van der Waals surface area contributed by atoms with Crippen LogP contribution >= 0.6 is 11.6 Å². The first-order valence-electron chi connectivity index (χ1n) is 10.2. The Balaban J connectivity index is 1.69. The highest BCUT2D eigenvalue weighted by Gasteiger charge is 2.31. The van der Waals surface area contributed by atoms with Gasteiger partial charge in [0.05, 0.1) is 18.7 Å². The Morgan fingerprint density at radius 1 is 1.40 bits per heavy atom. The van der Waals surface area contributed by atoms with Crippen molar-refractivity contribution in [2.45, 2.75) is 52.0 Å². The molecule has 1 fully saturated rings. The summed E-state index contributed by atoms with van der Waals surface area (Å²) < 4.78 is 16.4. The van der Waals surface area contributed by atoms with Crippen LogP contribution in [0.15, 0.2) is 22.7 Å². The highest BCUT2D eigenvalue weighted by Crippen LogP contribution is 2.39. The number of methoxy groups -OCH3 is 1. The molecule has 7 nitrogen and oxygen atoms in total. The van der Waals surface area contributed by atoms with Crippen LogP contribution in [-0.2, 0) is 4.79 Å². The molecule has 162 valence electrons. The monoisotopic (exact) mass is 433 g/mol. The Bertz CT molecular complexity index is 906. The molecule has 1 heterocycles. The number of hydrogen-bond donors (Lipinski definition) is 1. The molecule has 1 N–H and O–H groups in total. The molecule has 0 aliphatic heterocycles. The maximum Gasteiger partial charge on any atom is 0.249 e. The van der Waals surface area contributed by atoms with E-state index in [1.54, 1.807) is 25.3 Å². The lowest BCUT2D eigenvalue weighted by atomic mass is 10.0. The first kappa shape index (κ1) is 22.2. The van der Waals surface area contributed by atoms with Crippen LogP contribution in [0, 0.1) is 5.92 Å². The normalized spacial score (nSPS) is 14.9. The number of nitrogens with one attached hydrogen (secondary N) is 1. The first-order valence-corrected chi connectivity index (χ1v) is 10.6. The topological polar surface area (TPSA) is 86.5 Å². The summed E-state index contributed by atoms with van der Waals surface area (Å²) in [6.45, 7) is 6.55. The molecule has 2 aromatic rings.